The largest absolute Gasteiger partial charge is 0.858 e. The lowest BCUT2D eigenvalue weighted by atomic mass is 10.1. The average molecular weight is 247 g/mol. The van der Waals surface area contributed by atoms with Gasteiger partial charge in [0.05, 0.1) is 5.56 Å². The van der Waals surface area contributed by atoms with Crippen LogP contribution in [0.4, 0.5) is 0 Å². The zero-order valence-electron chi connectivity index (χ0n) is 10.1. The molecule has 1 aromatic carbocycles. The minimum Gasteiger partial charge on any atom is -0.858 e. The van der Waals surface area contributed by atoms with Crippen LogP contribution in [0.5, 0.6) is 0 Å². The monoisotopic (exact) mass is 247 g/mol. The minimum atomic E-state index is -0.516. The lowest BCUT2D eigenvalue weighted by Gasteiger charge is -2.12. The van der Waals surface area contributed by atoms with Gasteiger partial charge in [-0.05, 0) is 35.8 Å². The summed E-state index contributed by atoms with van der Waals surface area (Å²) < 4.78 is 5.93. The van der Waals surface area contributed by atoms with E-state index in [1.54, 1.807) is 24.3 Å². The number of aromatic nitrogens is 2. The van der Waals surface area contributed by atoms with Crippen molar-refractivity contribution in [2.45, 2.75) is 19.9 Å². The zero-order valence-corrected chi connectivity index (χ0v) is 10.1. The molecule has 2 rings (SSSR count). The highest BCUT2D eigenvalue weighted by Gasteiger charge is 2.15. The third-order valence-electron chi connectivity index (χ3n) is 2.25. The molecule has 0 spiro atoms. The predicted molar refractivity (Wildman–Crippen MR) is 62.5 cm³/mol. The first-order valence-electron chi connectivity index (χ1n) is 5.52. The van der Waals surface area contributed by atoms with Gasteiger partial charge in [0.15, 0.2) is 0 Å². The molecule has 6 heteroatoms. The number of hydrogen-bond donors (Lipinski definition) is 1. The fourth-order valence-electron chi connectivity index (χ4n) is 1.54. The topological polar surface area (TPSA) is 85.3 Å². The van der Waals surface area contributed by atoms with Crippen LogP contribution < -0.4 is 15.4 Å². The maximum absolute atomic E-state index is 12.0. The molecule has 0 aliphatic carbocycles. The van der Waals surface area contributed by atoms with Crippen molar-refractivity contribution in [1.29, 1.82) is 0 Å². The molecule has 0 atom stereocenters. The van der Waals surface area contributed by atoms with Gasteiger partial charge in [-0.3, -0.25) is 9.52 Å². The molecule has 1 aromatic heterocycles. The van der Waals surface area contributed by atoms with Crippen LogP contribution in [0.2, 0.25) is 0 Å². The lowest BCUT2D eigenvalue weighted by molar-refractivity contribution is -0.670. The van der Waals surface area contributed by atoms with Crippen molar-refractivity contribution in [3.8, 4) is 5.69 Å². The Morgan fingerprint density at radius 3 is 2.78 bits per heavy atom. The standard InChI is InChI=1S/C12H13N3O3/c1-8(2)13-12(17)9-5-3-4-6-10(9)15-7-11(16)18-14-15/h3-8H,1-2H3,(H-,13,14,16,17). The SMILES string of the molecule is CC(C)N=C([O-])c1ccccc1-[n+]1cc(=O)o[nH]1. The van der Waals surface area contributed by atoms with Crippen LogP contribution in [0.15, 0.2) is 44.8 Å². The molecule has 0 saturated heterocycles. The Labute approximate surface area is 103 Å². The number of nitrogens with one attached hydrogen (secondary N) is 1. The van der Waals surface area contributed by atoms with Gasteiger partial charge >= 0.3 is 5.63 Å². The molecule has 18 heavy (non-hydrogen) atoms. The van der Waals surface area contributed by atoms with Crippen molar-refractivity contribution in [3.05, 3.63) is 46.4 Å². The van der Waals surface area contributed by atoms with E-state index in [1.165, 1.54) is 10.9 Å². The molecule has 6 nitrogen and oxygen atoms in total. The molecule has 1 N–H and O–H groups in total. The first-order chi connectivity index (χ1) is 8.58. The summed E-state index contributed by atoms with van der Waals surface area (Å²) in [6.45, 7) is 3.65. The van der Waals surface area contributed by atoms with Gasteiger partial charge in [0, 0.05) is 12.1 Å². The van der Waals surface area contributed by atoms with E-state index in [4.69, 9.17) is 0 Å². The molecule has 0 aliphatic heterocycles. The van der Waals surface area contributed by atoms with E-state index >= 15 is 0 Å². The molecule has 1 heterocycles. The third-order valence-corrected chi connectivity index (χ3v) is 2.25. The quantitative estimate of drug-likeness (QED) is 0.461. The van der Waals surface area contributed by atoms with E-state index in [9.17, 15) is 9.90 Å². The second-order valence-electron chi connectivity index (χ2n) is 4.06. The normalized spacial score (nSPS) is 12.1. The molecule has 0 amide bonds. The highest BCUT2D eigenvalue weighted by molar-refractivity contribution is 5.93. The summed E-state index contributed by atoms with van der Waals surface area (Å²) in [6.07, 6.45) is 1.22. The zero-order chi connectivity index (χ0) is 13.1. The fourth-order valence-corrected chi connectivity index (χ4v) is 1.54. The van der Waals surface area contributed by atoms with Gasteiger partial charge in [-0.25, -0.2) is 4.79 Å². The van der Waals surface area contributed by atoms with E-state index in [0.29, 0.717) is 11.3 Å². The van der Waals surface area contributed by atoms with E-state index < -0.39 is 5.63 Å². The highest BCUT2D eigenvalue weighted by Crippen LogP contribution is 2.07. The van der Waals surface area contributed by atoms with Gasteiger partial charge in [-0.2, -0.15) is 0 Å². The maximum Gasteiger partial charge on any atom is 0.427 e. The number of nitrogens with zero attached hydrogens (tertiary/aromatic N) is 2. The predicted octanol–water partition coefficient (Wildman–Crippen LogP) is -0.240. The number of aliphatic imine (C=N–C) groups is 1. The molecule has 0 aliphatic rings. The second kappa shape index (κ2) is 4.87. The Morgan fingerprint density at radius 1 is 1.44 bits per heavy atom. The number of aromatic amines is 1. The molecule has 0 radical (unpaired) electrons. The van der Waals surface area contributed by atoms with Gasteiger partial charge < -0.3 is 5.11 Å². The highest BCUT2D eigenvalue weighted by atomic mass is 16.5. The Hall–Kier alpha value is -2.37. The van der Waals surface area contributed by atoms with Crippen LogP contribution in [0.25, 0.3) is 5.69 Å². The summed E-state index contributed by atoms with van der Waals surface area (Å²) in [7, 11) is 0. The summed E-state index contributed by atoms with van der Waals surface area (Å²) in [5.41, 5.74) is 0.420. The van der Waals surface area contributed by atoms with Crippen molar-refractivity contribution in [2.75, 3.05) is 0 Å². The van der Waals surface area contributed by atoms with Gasteiger partial charge in [-0.1, -0.05) is 12.1 Å². The van der Waals surface area contributed by atoms with Crippen molar-refractivity contribution in [3.63, 3.8) is 0 Å². The number of rotatable bonds is 3. The smallest absolute Gasteiger partial charge is 0.427 e. The molecule has 94 valence electrons. The summed E-state index contributed by atoms with van der Waals surface area (Å²) in [6, 6.07) is 6.78. The van der Waals surface area contributed by atoms with Gasteiger partial charge in [0.1, 0.15) is 0 Å². The van der Waals surface area contributed by atoms with Crippen molar-refractivity contribution in [2.24, 2.45) is 4.99 Å². The van der Waals surface area contributed by atoms with Crippen LogP contribution >= 0.6 is 0 Å². The summed E-state index contributed by atoms with van der Waals surface area (Å²) in [5, 5.41) is 14.4. The van der Waals surface area contributed by atoms with Gasteiger partial charge in [0.25, 0.3) is 6.20 Å². The summed E-state index contributed by atoms with van der Waals surface area (Å²) in [5.74, 6) is -0.324. The second-order valence-corrected chi connectivity index (χ2v) is 4.06. The lowest BCUT2D eigenvalue weighted by Crippen LogP contribution is -2.36. The molecule has 0 bridgehead atoms. The van der Waals surface area contributed by atoms with Crippen LogP contribution in [0.3, 0.4) is 0 Å². The van der Waals surface area contributed by atoms with Crippen LogP contribution in [0.1, 0.15) is 19.4 Å². The Kier molecular flexibility index (Phi) is 3.27. The first-order valence-corrected chi connectivity index (χ1v) is 5.52. The molecule has 2 aromatic rings. The van der Waals surface area contributed by atoms with Crippen LogP contribution in [-0.4, -0.2) is 17.2 Å². The van der Waals surface area contributed by atoms with Gasteiger partial charge in [0.2, 0.25) is 5.69 Å². The molecule has 0 unspecified atom stereocenters. The number of H-pyrrole nitrogens is 1. The Morgan fingerprint density at radius 2 is 2.17 bits per heavy atom. The minimum absolute atomic E-state index is 0.0843. The third kappa shape index (κ3) is 2.48. The maximum atomic E-state index is 12.0. The van der Waals surface area contributed by atoms with Crippen LogP contribution in [-0.2, 0) is 0 Å². The van der Waals surface area contributed by atoms with E-state index in [0.717, 1.165) is 0 Å². The number of para-hydroxylation sites is 1. The molecule has 0 fully saturated rings. The number of benzene rings is 1. The van der Waals surface area contributed by atoms with Crippen LogP contribution in [0, 0.1) is 0 Å². The average Bonchev–Trinajstić information content (AvgIpc) is 2.75. The van der Waals surface area contributed by atoms with E-state index in [1.807, 2.05) is 13.8 Å². The van der Waals surface area contributed by atoms with Crippen molar-refractivity contribution in [1.82, 2.24) is 5.27 Å². The van der Waals surface area contributed by atoms with E-state index in [-0.39, 0.29) is 11.9 Å². The van der Waals surface area contributed by atoms with E-state index in [2.05, 4.69) is 14.8 Å². The molecular weight excluding hydrogens is 234 g/mol. The fraction of sp³-hybridized carbons (Fsp3) is 0.250. The van der Waals surface area contributed by atoms with Crippen molar-refractivity contribution < 1.29 is 14.3 Å². The summed E-state index contributed by atoms with van der Waals surface area (Å²) in [4.78, 5) is 15.0. The van der Waals surface area contributed by atoms with Gasteiger partial charge in [-0.15, -0.1) is 0 Å². The first kappa shape index (κ1) is 12.1. The molecular formula is C12H13N3O3. The van der Waals surface area contributed by atoms with Crippen molar-refractivity contribution >= 4 is 5.90 Å². The number of hydrogen-bond acceptors (Lipinski definition) is 4. The molecule has 0 saturated carbocycles. The Bertz CT molecular complexity index is 625. The summed E-state index contributed by atoms with van der Waals surface area (Å²) >= 11 is 0. The Balaban J connectivity index is 2.53.